The summed E-state index contributed by atoms with van der Waals surface area (Å²) in [7, 11) is 0. The molecule has 0 radical (unpaired) electrons. The van der Waals surface area contributed by atoms with Crippen LogP contribution in [0.5, 0.6) is 0 Å². The number of hydrogen-bond donors (Lipinski definition) is 2. The maximum Gasteiger partial charge on any atom is 0.232 e. The first-order valence-corrected chi connectivity index (χ1v) is 4.30. The molecule has 1 heterocycles. The van der Waals surface area contributed by atoms with Gasteiger partial charge in [-0.1, -0.05) is 6.92 Å². The summed E-state index contributed by atoms with van der Waals surface area (Å²) in [6.45, 7) is 3.67. The number of carbonyl (C=O) groups excluding carboxylic acids is 2. The second-order valence-electron chi connectivity index (χ2n) is 3.48. The molecule has 0 saturated carbocycles. The largest absolute Gasteiger partial charge is 0.316 e. The predicted molar refractivity (Wildman–Crippen MR) is 44.9 cm³/mol. The highest BCUT2D eigenvalue weighted by Gasteiger charge is 2.35. The first-order valence-electron chi connectivity index (χ1n) is 4.30. The van der Waals surface area contributed by atoms with Crippen molar-refractivity contribution in [1.29, 1.82) is 0 Å². The fourth-order valence-corrected chi connectivity index (χ4v) is 1.35. The second-order valence-corrected chi connectivity index (χ2v) is 3.48. The molecule has 1 rings (SSSR count). The van der Waals surface area contributed by atoms with E-state index in [1.54, 1.807) is 13.8 Å². The van der Waals surface area contributed by atoms with Gasteiger partial charge in [-0.05, 0) is 6.92 Å². The minimum Gasteiger partial charge on any atom is -0.316 e. The molecule has 2 N–H and O–H groups in total. The van der Waals surface area contributed by atoms with Crippen molar-refractivity contribution in [2.75, 3.05) is 6.54 Å². The van der Waals surface area contributed by atoms with Crippen molar-refractivity contribution in [3.63, 3.8) is 0 Å². The van der Waals surface area contributed by atoms with Crippen LogP contribution in [0.3, 0.4) is 0 Å². The van der Waals surface area contributed by atoms with Crippen molar-refractivity contribution in [1.82, 2.24) is 10.4 Å². The third-order valence-corrected chi connectivity index (χ3v) is 2.15. The topological polar surface area (TPSA) is 69.6 Å². The first-order chi connectivity index (χ1) is 6.06. The summed E-state index contributed by atoms with van der Waals surface area (Å²) in [5, 5.41) is 8.53. The third kappa shape index (κ3) is 2.05. The molecule has 2 unspecified atom stereocenters. The first kappa shape index (κ1) is 10.1. The van der Waals surface area contributed by atoms with E-state index in [0.29, 0.717) is 0 Å². The van der Waals surface area contributed by atoms with Gasteiger partial charge in [0.05, 0.1) is 0 Å². The minimum absolute atomic E-state index is 0.146. The molecule has 0 aromatic carbocycles. The summed E-state index contributed by atoms with van der Waals surface area (Å²) < 4.78 is 0. The van der Waals surface area contributed by atoms with Gasteiger partial charge in [0.2, 0.25) is 11.8 Å². The van der Waals surface area contributed by atoms with E-state index < -0.39 is 0 Å². The van der Waals surface area contributed by atoms with Gasteiger partial charge in [-0.15, -0.1) is 0 Å². The molecule has 0 aliphatic carbocycles. The lowest BCUT2D eigenvalue weighted by Crippen LogP contribution is -2.41. The smallest absolute Gasteiger partial charge is 0.232 e. The van der Waals surface area contributed by atoms with Gasteiger partial charge in [0.25, 0.3) is 0 Å². The van der Waals surface area contributed by atoms with E-state index in [4.69, 9.17) is 5.21 Å². The molecule has 13 heavy (non-hydrogen) atoms. The van der Waals surface area contributed by atoms with Crippen molar-refractivity contribution >= 4 is 11.8 Å². The van der Waals surface area contributed by atoms with Crippen molar-refractivity contribution in [3.05, 3.63) is 0 Å². The molecular weight excluding hydrogens is 172 g/mol. The van der Waals surface area contributed by atoms with E-state index >= 15 is 0 Å². The molecule has 0 bridgehead atoms. The third-order valence-electron chi connectivity index (χ3n) is 2.15. The van der Waals surface area contributed by atoms with E-state index in [2.05, 4.69) is 0 Å². The Morgan fingerprint density at radius 3 is 2.69 bits per heavy atom. The number of nitrogens with zero attached hydrogens (tertiary/aromatic N) is 1. The van der Waals surface area contributed by atoms with Gasteiger partial charge < -0.3 is 5.21 Å². The molecule has 0 aromatic heterocycles. The van der Waals surface area contributed by atoms with Gasteiger partial charge in [-0.25, -0.2) is 5.48 Å². The molecule has 1 aliphatic rings. The summed E-state index contributed by atoms with van der Waals surface area (Å²) in [6.07, 6.45) is 0.289. The quantitative estimate of drug-likeness (QED) is 0.471. The van der Waals surface area contributed by atoms with E-state index in [-0.39, 0.29) is 36.7 Å². The SMILES string of the molecule is CC(CN1C(=O)CC(C)C1=O)NO. The number of hydroxylamine groups is 1. The van der Waals surface area contributed by atoms with E-state index in [1.807, 2.05) is 5.48 Å². The van der Waals surface area contributed by atoms with Gasteiger partial charge >= 0.3 is 0 Å². The highest BCUT2D eigenvalue weighted by atomic mass is 16.5. The van der Waals surface area contributed by atoms with Crippen LogP contribution in [0.15, 0.2) is 0 Å². The van der Waals surface area contributed by atoms with Crippen LogP contribution in [0.1, 0.15) is 20.3 Å². The molecule has 5 nitrogen and oxygen atoms in total. The van der Waals surface area contributed by atoms with Crippen molar-refractivity contribution < 1.29 is 14.8 Å². The zero-order valence-electron chi connectivity index (χ0n) is 7.78. The number of carbonyl (C=O) groups is 2. The standard InChI is InChI=1S/C8H14N2O3/c1-5-3-7(11)10(8(5)12)4-6(2)9-13/h5-6,9,13H,3-4H2,1-2H3. The Labute approximate surface area is 76.7 Å². The van der Waals surface area contributed by atoms with Crippen LogP contribution in [-0.2, 0) is 9.59 Å². The Hall–Kier alpha value is -0.940. The number of imide groups is 1. The minimum atomic E-state index is -0.279. The Bertz CT molecular complexity index is 229. The zero-order valence-corrected chi connectivity index (χ0v) is 7.78. The van der Waals surface area contributed by atoms with Crippen LogP contribution in [0.4, 0.5) is 0 Å². The summed E-state index contributed by atoms with van der Waals surface area (Å²) in [4.78, 5) is 23.8. The second kappa shape index (κ2) is 3.85. The number of nitrogens with one attached hydrogen (secondary N) is 1. The molecule has 74 valence electrons. The maximum atomic E-state index is 11.4. The molecule has 2 atom stereocenters. The number of rotatable bonds is 3. The highest BCUT2D eigenvalue weighted by Crippen LogP contribution is 2.18. The van der Waals surface area contributed by atoms with Crippen molar-refractivity contribution in [2.45, 2.75) is 26.3 Å². The van der Waals surface area contributed by atoms with Crippen molar-refractivity contribution in [2.24, 2.45) is 5.92 Å². The van der Waals surface area contributed by atoms with E-state index in [0.717, 1.165) is 0 Å². The van der Waals surface area contributed by atoms with Gasteiger partial charge in [0.15, 0.2) is 0 Å². The highest BCUT2D eigenvalue weighted by molar-refractivity contribution is 6.03. The number of hydrogen-bond acceptors (Lipinski definition) is 4. The average molecular weight is 186 g/mol. The molecule has 1 saturated heterocycles. The fraction of sp³-hybridized carbons (Fsp3) is 0.750. The Morgan fingerprint density at radius 1 is 1.69 bits per heavy atom. The monoisotopic (exact) mass is 186 g/mol. The molecule has 5 heteroatoms. The molecule has 1 aliphatic heterocycles. The Balaban J connectivity index is 2.59. The van der Waals surface area contributed by atoms with E-state index in [9.17, 15) is 9.59 Å². The lowest BCUT2D eigenvalue weighted by atomic mass is 10.1. The fourth-order valence-electron chi connectivity index (χ4n) is 1.35. The zero-order chi connectivity index (χ0) is 10.0. The predicted octanol–water partition coefficient (Wildman–Crippen LogP) is -0.251. The maximum absolute atomic E-state index is 11.4. The normalized spacial score (nSPS) is 25.5. The van der Waals surface area contributed by atoms with Gasteiger partial charge in [0, 0.05) is 24.9 Å². The van der Waals surface area contributed by atoms with Crippen LogP contribution >= 0.6 is 0 Å². The number of amides is 2. The molecule has 1 fully saturated rings. The van der Waals surface area contributed by atoms with Crippen LogP contribution < -0.4 is 5.48 Å². The van der Waals surface area contributed by atoms with Gasteiger partial charge in [0.1, 0.15) is 0 Å². The summed E-state index contributed by atoms with van der Waals surface area (Å²) in [6, 6.07) is -0.279. The molecule has 2 amide bonds. The summed E-state index contributed by atoms with van der Waals surface area (Å²) in [5.41, 5.74) is 2.00. The molecule has 0 aromatic rings. The van der Waals surface area contributed by atoms with Gasteiger partial charge in [-0.2, -0.15) is 0 Å². The number of likely N-dealkylation sites (tertiary alicyclic amines) is 1. The van der Waals surface area contributed by atoms with Crippen LogP contribution in [0.25, 0.3) is 0 Å². The average Bonchev–Trinajstić information content (AvgIpc) is 2.32. The molecule has 0 spiro atoms. The van der Waals surface area contributed by atoms with Crippen molar-refractivity contribution in [3.8, 4) is 0 Å². The summed E-state index contributed by atoms with van der Waals surface area (Å²) >= 11 is 0. The van der Waals surface area contributed by atoms with Gasteiger partial charge in [-0.3, -0.25) is 14.5 Å². The van der Waals surface area contributed by atoms with Crippen LogP contribution in [0.2, 0.25) is 0 Å². The Morgan fingerprint density at radius 2 is 2.31 bits per heavy atom. The van der Waals surface area contributed by atoms with Crippen LogP contribution in [-0.4, -0.2) is 34.5 Å². The molecular formula is C8H14N2O3. The lowest BCUT2D eigenvalue weighted by Gasteiger charge is -2.18. The Kier molecular flexibility index (Phi) is 3.00. The summed E-state index contributed by atoms with van der Waals surface area (Å²) in [5.74, 6) is -0.509. The van der Waals surface area contributed by atoms with E-state index in [1.165, 1.54) is 4.90 Å². The lowest BCUT2D eigenvalue weighted by molar-refractivity contribution is -0.139. The van der Waals surface area contributed by atoms with Crippen LogP contribution in [0, 0.1) is 5.92 Å².